The number of rotatable bonds is 5. The summed E-state index contributed by atoms with van der Waals surface area (Å²) in [6.07, 6.45) is 1.53. The van der Waals surface area contributed by atoms with Crippen molar-refractivity contribution in [3.63, 3.8) is 0 Å². The molecule has 1 aromatic heterocycles. The number of carbonyl (C=O) groups is 2. The normalized spacial score (nSPS) is 10.1. The molecule has 104 valence electrons. The number of hydrogen-bond donors (Lipinski definition) is 2. The number of methoxy groups -OCH3 is 1. The highest BCUT2D eigenvalue weighted by molar-refractivity contribution is 5.99. The van der Waals surface area contributed by atoms with Crippen LogP contribution in [0.3, 0.4) is 0 Å². The van der Waals surface area contributed by atoms with Crippen LogP contribution in [-0.2, 0) is 6.54 Å². The molecule has 1 aromatic carbocycles. The summed E-state index contributed by atoms with van der Waals surface area (Å²) in [6, 6.07) is 9.01. The minimum Gasteiger partial charge on any atom is -0.497 e. The van der Waals surface area contributed by atoms with Crippen molar-refractivity contribution in [2.24, 2.45) is 0 Å². The maximum atomic E-state index is 11.9. The summed E-state index contributed by atoms with van der Waals surface area (Å²) in [5.41, 5.74) is 1.81. The summed E-state index contributed by atoms with van der Waals surface area (Å²) in [6.45, 7) is 1.85. The van der Waals surface area contributed by atoms with Crippen LogP contribution >= 0.6 is 0 Å². The second-order valence-corrected chi connectivity index (χ2v) is 4.39. The highest BCUT2D eigenvalue weighted by Gasteiger charge is 2.10. The lowest BCUT2D eigenvalue weighted by molar-refractivity contribution is 0.0946. The number of Topliss-reactive ketones (excluding diaryl/α,β-unsaturated/α-hetero) is 1. The van der Waals surface area contributed by atoms with Gasteiger partial charge in [0.15, 0.2) is 5.78 Å². The standard InChI is InChI=1S/C15H16N2O3/c1-10(18)12-7-14(16-9-12)15(19)17-8-11-4-3-5-13(6-11)20-2/h3-7,9,16H,8H2,1-2H3,(H,17,19). The smallest absolute Gasteiger partial charge is 0.267 e. The number of aromatic nitrogens is 1. The zero-order valence-electron chi connectivity index (χ0n) is 11.4. The molecule has 0 aliphatic rings. The average molecular weight is 272 g/mol. The number of ether oxygens (including phenoxy) is 1. The van der Waals surface area contributed by atoms with Gasteiger partial charge < -0.3 is 15.0 Å². The molecular formula is C15H16N2O3. The first-order valence-corrected chi connectivity index (χ1v) is 6.20. The molecule has 0 saturated heterocycles. The van der Waals surface area contributed by atoms with E-state index in [-0.39, 0.29) is 11.7 Å². The Balaban J connectivity index is 1.98. The van der Waals surface area contributed by atoms with E-state index in [1.165, 1.54) is 13.1 Å². The van der Waals surface area contributed by atoms with Gasteiger partial charge in [-0.3, -0.25) is 9.59 Å². The van der Waals surface area contributed by atoms with E-state index in [0.717, 1.165) is 11.3 Å². The van der Waals surface area contributed by atoms with Gasteiger partial charge >= 0.3 is 0 Å². The number of aromatic amines is 1. The predicted octanol–water partition coefficient (Wildman–Crippen LogP) is 2.16. The second kappa shape index (κ2) is 6.06. The highest BCUT2D eigenvalue weighted by atomic mass is 16.5. The van der Waals surface area contributed by atoms with Crippen LogP contribution in [-0.4, -0.2) is 23.8 Å². The van der Waals surface area contributed by atoms with Crippen molar-refractivity contribution in [3.05, 3.63) is 53.3 Å². The van der Waals surface area contributed by atoms with E-state index in [2.05, 4.69) is 10.3 Å². The lowest BCUT2D eigenvalue weighted by Gasteiger charge is -2.06. The lowest BCUT2D eigenvalue weighted by atomic mass is 10.2. The van der Waals surface area contributed by atoms with Crippen LogP contribution in [0.25, 0.3) is 0 Å². The monoisotopic (exact) mass is 272 g/mol. The summed E-state index contributed by atoms with van der Waals surface area (Å²) in [5, 5.41) is 2.78. The summed E-state index contributed by atoms with van der Waals surface area (Å²) in [7, 11) is 1.60. The molecular weight excluding hydrogens is 256 g/mol. The van der Waals surface area contributed by atoms with E-state index in [1.54, 1.807) is 13.2 Å². The molecule has 0 bridgehead atoms. The molecule has 5 heteroatoms. The Hall–Kier alpha value is -2.56. The maximum absolute atomic E-state index is 11.9. The molecule has 1 heterocycles. The first kappa shape index (κ1) is 13.9. The van der Waals surface area contributed by atoms with Crippen LogP contribution in [0.15, 0.2) is 36.5 Å². The topological polar surface area (TPSA) is 71.2 Å². The molecule has 0 unspecified atom stereocenters. The van der Waals surface area contributed by atoms with Crippen molar-refractivity contribution in [1.29, 1.82) is 0 Å². The predicted molar refractivity (Wildman–Crippen MR) is 75.0 cm³/mol. The summed E-state index contributed by atoms with van der Waals surface area (Å²) in [5.74, 6) is 0.420. The largest absolute Gasteiger partial charge is 0.497 e. The number of ketones is 1. The molecule has 0 aliphatic carbocycles. The number of benzene rings is 1. The fourth-order valence-electron chi connectivity index (χ4n) is 1.79. The molecule has 2 rings (SSSR count). The number of hydrogen-bond acceptors (Lipinski definition) is 3. The van der Waals surface area contributed by atoms with E-state index >= 15 is 0 Å². The fourth-order valence-corrected chi connectivity index (χ4v) is 1.79. The van der Waals surface area contributed by atoms with Crippen molar-refractivity contribution < 1.29 is 14.3 Å². The zero-order valence-corrected chi connectivity index (χ0v) is 11.4. The van der Waals surface area contributed by atoms with Gasteiger partial charge in [-0.05, 0) is 30.7 Å². The Labute approximate surface area is 117 Å². The molecule has 0 spiro atoms. The molecule has 2 aromatic rings. The first-order valence-electron chi connectivity index (χ1n) is 6.20. The quantitative estimate of drug-likeness (QED) is 0.819. The minimum absolute atomic E-state index is 0.0758. The molecule has 2 N–H and O–H groups in total. The SMILES string of the molecule is COc1cccc(CNC(=O)c2cc(C(C)=O)c[nH]2)c1. The molecule has 5 nitrogen and oxygen atoms in total. The van der Waals surface area contributed by atoms with E-state index in [4.69, 9.17) is 4.74 Å². The van der Waals surface area contributed by atoms with E-state index < -0.39 is 0 Å². The van der Waals surface area contributed by atoms with Gasteiger partial charge in [-0.1, -0.05) is 12.1 Å². The van der Waals surface area contributed by atoms with Crippen LogP contribution in [0.1, 0.15) is 33.3 Å². The number of nitrogens with one attached hydrogen (secondary N) is 2. The van der Waals surface area contributed by atoms with E-state index in [0.29, 0.717) is 17.8 Å². The second-order valence-electron chi connectivity index (χ2n) is 4.39. The third kappa shape index (κ3) is 3.26. The molecule has 0 radical (unpaired) electrons. The summed E-state index contributed by atoms with van der Waals surface area (Å²) >= 11 is 0. The van der Waals surface area contributed by atoms with E-state index in [1.807, 2.05) is 24.3 Å². The van der Waals surface area contributed by atoms with Crippen molar-refractivity contribution >= 4 is 11.7 Å². The number of amides is 1. The Morgan fingerprint density at radius 1 is 1.30 bits per heavy atom. The van der Waals surface area contributed by atoms with Gasteiger partial charge in [0.2, 0.25) is 0 Å². The van der Waals surface area contributed by atoms with Gasteiger partial charge in [-0.25, -0.2) is 0 Å². The van der Waals surface area contributed by atoms with Gasteiger partial charge in [-0.2, -0.15) is 0 Å². The van der Waals surface area contributed by atoms with Gasteiger partial charge in [-0.15, -0.1) is 0 Å². The van der Waals surface area contributed by atoms with Crippen LogP contribution < -0.4 is 10.1 Å². The van der Waals surface area contributed by atoms with E-state index in [9.17, 15) is 9.59 Å². The van der Waals surface area contributed by atoms with Crippen LogP contribution in [0.4, 0.5) is 0 Å². The Bertz CT molecular complexity index is 632. The average Bonchev–Trinajstić information content (AvgIpc) is 2.95. The number of carbonyl (C=O) groups excluding carboxylic acids is 2. The van der Waals surface area contributed by atoms with Crippen molar-refractivity contribution in [1.82, 2.24) is 10.3 Å². The van der Waals surface area contributed by atoms with Crippen molar-refractivity contribution in [2.45, 2.75) is 13.5 Å². The fraction of sp³-hybridized carbons (Fsp3) is 0.200. The van der Waals surface area contributed by atoms with Crippen molar-refractivity contribution in [2.75, 3.05) is 7.11 Å². The lowest BCUT2D eigenvalue weighted by Crippen LogP contribution is -2.23. The minimum atomic E-state index is -0.250. The van der Waals surface area contributed by atoms with Crippen LogP contribution in [0, 0.1) is 0 Å². The molecule has 0 atom stereocenters. The maximum Gasteiger partial charge on any atom is 0.267 e. The van der Waals surface area contributed by atoms with Gasteiger partial charge in [0, 0.05) is 18.3 Å². The highest BCUT2D eigenvalue weighted by Crippen LogP contribution is 2.12. The Morgan fingerprint density at radius 3 is 2.75 bits per heavy atom. The third-order valence-corrected chi connectivity index (χ3v) is 2.92. The number of H-pyrrole nitrogens is 1. The van der Waals surface area contributed by atoms with Gasteiger partial charge in [0.05, 0.1) is 7.11 Å². The molecule has 1 amide bonds. The Morgan fingerprint density at radius 2 is 2.10 bits per heavy atom. The molecule has 0 saturated carbocycles. The molecule has 20 heavy (non-hydrogen) atoms. The van der Waals surface area contributed by atoms with Gasteiger partial charge in [0.25, 0.3) is 5.91 Å². The van der Waals surface area contributed by atoms with Crippen LogP contribution in [0.2, 0.25) is 0 Å². The van der Waals surface area contributed by atoms with Crippen LogP contribution in [0.5, 0.6) is 5.75 Å². The third-order valence-electron chi connectivity index (χ3n) is 2.92. The molecule has 0 aliphatic heterocycles. The Kier molecular flexibility index (Phi) is 4.20. The molecule has 0 fully saturated rings. The zero-order chi connectivity index (χ0) is 14.5. The first-order chi connectivity index (χ1) is 9.60. The summed E-state index contributed by atoms with van der Waals surface area (Å²) in [4.78, 5) is 25.9. The van der Waals surface area contributed by atoms with Gasteiger partial charge in [0.1, 0.15) is 11.4 Å². The van der Waals surface area contributed by atoms with Crippen molar-refractivity contribution in [3.8, 4) is 5.75 Å². The summed E-state index contributed by atoms with van der Waals surface area (Å²) < 4.78 is 5.12.